The molecule has 0 spiro atoms. The number of hydrogen-bond donors (Lipinski definition) is 0. The molecule has 0 radical (unpaired) electrons. The van der Waals surface area contributed by atoms with Crippen molar-refractivity contribution in [3.05, 3.63) is 101 Å². The maximum atomic E-state index is 6.21. The van der Waals surface area contributed by atoms with Gasteiger partial charge in [-0.25, -0.2) is 0 Å². The van der Waals surface area contributed by atoms with E-state index in [1.54, 1.807) is 0 Å². The molecular weight excluding hydrogens is 478 g/mol. The van der Waals surface area contributed by atoms with Crippen LogP contribution in [0, 0.1) is 11.3 Å². The molecule has 212 valence electrons. The Morgan fingerprint density at radius 1 is 0.744 bits per heavy atom. The summed E-state index contributed by atoms with van der Waals surface area (Å²) in [6.07, 6.45) is 2.04. The molecule has 1 atom stereocenters. The number of rotatable bonds is 14. The van der Waals surface area contributed by atoms with Crippen molar-refractivity contribution in [1.29, 1.82) is 0 Å². The van der Waals surface area contributed by atoms with Crippen LogP contribution < -0.4 is 4.74 Å². The van der Waals surface area contributed by atoms with Crippen LogP contribution in [-0.4, -0.2) is 44.9 Å². The van der Waals surface area contributed by atoms with Crippen LogP contribution in [-0.2, 0) is 23.1 Å². The molecular formula is C36H52NO2+. The van der Waals surface area contributed by atoms with E-state index in [1.165, 1.54) is 22.3 Å². The van der Waals surface area contributed by atoms with E-state index in [0.29, 0.717) is 19.1 Å². The van der Waals surface area contributed by atoms with Crippen LogP contribution in [0.1, 0.15) is 70.2 Å². The van der Waals surface area contributed by atoms with Gasteiger partial charge in [-0.05, 0) is 58.4 Å². The number of likely N-dealkylation sites (N-methyl/N-ethyl adjacent to an activating group) is 1. The smallest absolute Gasteiger partial charge is 0.119 e. The minimum atomic E-state index is 0.0782. The van der Waals surface area contributed by atoms with E-state index in [1.807, 2.05) is 0 Å². The third kappa shape index (κ3) is 9.81. The second-order valence-electron chi connectivity index (χ2n) is 13.6. The van der Waals surface area contributed by atoms with Crippen molar-refractivity contribution in [3.8, 4) is 5.75 Å². The largest absolute Gasteiger partial charge is 0.491 e. The zero-order valence-electron chi connectivity index (χ0n) is 25.8. The summed E-state index contributed by atoms with van der Waals surface area (Å²) in [6, 6.07) is 28.2. The maximum absolute atomic E-state index is 6.21. The Balaban J connectivity index is 1.64. The SMILES string of the molecule is CC(C)C(C)(CC(C)(C)C)c1ccc(OCCOCC[N+](C)(C)Cc2ccccc2)cc1Cc1ccccc1. The number of nitrogens with zero attached hydrogens (tertiary/aromatic N) is 1. The third-order valence-electron chi connectivity index (χ3n) is 7.89. The highest BCUT2D eigenvalue weighted by molar-refractivity contribution is 5.43. The van der Waals surface area contributed by atoms with Gasteiger partial charge in [0.1, 0.15) is 25.4 Å². The van der Waals surface area contributed by atoms with E-state index >= 15 is 0 Å². The normalized spacial score (nSPS) is 13.9. The second-order valence-corrected chi connectivity index (χ2v) is 13.6. The monoisotopic (exact) mass is 530 g/mol. The molecule has 3 nitrogen and oxygen atoms in total. The number of hydrogen-bond acceptors (Lipinski definition) is 2. The first-order chi connectivity index (χ1) is 18.4. The average Bonchev–Trinajstić information content (AvgIpc) is 2.86. The highest BCUT2D eigenvalue weighted by Gasteiger charge is 2.36. The van der Waals surface area contributed by atoms with Crippen LogP contribution in [0.4, 0.5) is 0 Å². The van der Waals surface area contributed by atoms with E-state index in [2.05, 4.69) is 135 Å². The van der Waals surface area contributed by atoms with Crippen LogP contribution in [0.25, 0.3) is 0 Å². The molecule has 0 heterocycles. The lowest BCUT2D eigenvalue weighted by molar-refractivity contribution is -0.904. The molecule has 0 bridgehead atoms. The Kier molecular flexibility index (Phi) is 10.8. The number of benzene rings is 3. The van der Waals surface area contributed by atoms with Gasteiger partial charge in [-0.2, -0.15) is 0 Å². The summed E-state index contributed by atoms with van der Waals surface area (Å²) >= 11 is 0. The first-order valence-corrected chi connectivity index (χ1v) is 14.6. The van der Waals surface area contributed by atoms with Gasteiger partial charge < -0.3 is 14.0 Å². The first kappa shape index (κ1) is 30.9. The van der Waals surface area contributed by atoms with Crippen molar-refractivity contribution in [3.63, 3.8) is 0 Å². The van der Waals surface area contributed by atoms with Gasteiger partial charge in [-0.15, -0.1) is 0 Å². The van der Waals surface area contributed by atoms with Gasteiger partial charge in [-0.3, -0.25) is 0 Å². The number of quaternary nitrogens is 1. The molecule has 3 heteroatoms. The zero-order chi connectivity index (χ0) is 28.5. The fraction of sp³-hybridized carbons (Fsp3) is 0.500. The molecule has 3 rings (SSSR count). The van der Waals surface area contributed by atoms with Crippen LogP contribution in [0.5, 0.6) is 5.75 Å². The van der Waals surface area contributed by atoms with E-state index in [4.69, 9.17) is 9.47 Å². The molecule has 1 unspecified atom stereocenters. The Labute approximate surface area is 238 Å². The summed E-state index contributed by atoms with van der Waals surface area (Å²) in [5, 5.41) is 0. The third-order valence-corrected chi connectivity index (χ3v) is 7.89. The lowest BCUT2D eigenvalue weighted by atomic mass is 9.63. The second kappa shape index (κ2) is 13.6. The van der Waals surface area contributed by atoms with Crippen LogP contribution >= 0.6 is 0 Å². The molecule has 0 N–H and O–H groups in total. The van der Waals surface area contributed by atoms with Crippen molar-refractivity contribution in [2.24, 2.45) is 11.3 Å². The van der Waals surface area contributed by atoms with Crippen molar-refractivity contribution in [2.45, 2.75) is 66.3 Å². The molecule has 0 amide bonds. The molecule has 3 aromatic carbocycles. The minimum Gasteiger partial charge on any atom is -0.491 e. The van der Waals surface area contributed by atoms with E-state index in [-0.39, 0.29) is 10.8 Å². The molecule has 0 saturated heterocycles. The van der Waals surface area contributed by atoms with Gasteiger partial charge >= 0.3 is 0 Å². The Morgan fingerprint density at radius 3 is 1.95 bits per heavy atom. The summed E-state index contributed by atoms with van der Waals surface area (Å²) < 4.78 is 13.1. The predicted molar refractivity (Wildman–Crippen MR) is 165 cm³/mol. The van der Waals surface area contributed by atoms with E-state index in [0.717, 1.165) is 42.8 Å². The van der Waals surface area contributed by atoms with Gasteiger partial charge in [0, 0.05) is 5.56 Å². The van der Waals surface area contributed by atoms with Crippen molar-refractivity contribution in [1.82, 2.24) is 0 Å². The predicted octanol–water partition coefficient (Wildman–Crippen LogP) is 8.30. The van der Waals surface area contributed by atoms with Crippen molar-refractivity contribution >= 4 is 0 Å². The van der Waals surface area contributed by atoms with Crippen LogP contribution in [0.15, 0.2) is 78.9 Å². The molecule has 39 heavy (non-hydrogen) atoms. The van der Waals surface area contributed by atoms with E-state index in [9.17, 15) is 0 Å². The lowest BCUT2D eigenvalue weighted by Gasteiger charge is -2.41. The molecule has 0 aliphatic heterocycles. The molecule has 0 fully saturated rings. The Morgan fingerprint density at radius 2 is 1.36 bits per heavy atom. The summed E-state index contributed by atoms with van der Waals surface area (Å²) in [5.41, 5.74) is 5.81. The maximum Gasteiger partial charge on any atom is 0.119 e. The summed E-state index contributed by atoms with van der Waals surface area (Å²) in [6.45, 7) is 18.1. The molecule has 0 aliphatic rings. The van der Waals surface area contributed by atoms with Gasteiger partial charge in [-0.1, -0.05) is 108 Å². The summed E-state index contributed by atoms with van der Waals surface area (Å²) in [5.74, 6) is 1.45. The first-order valence-electron chi connectivity index (χ1n) is 14.6. The van der Waals surface area contributed by atoms with Crippen molar-refractivity contribution < 1.29 is 14.0 Å². The minimum absolute atomic E-state index is 0.0782. The fourth-order valence-corrected chi connectivity index (χ4v) is 5.68. The highest BCUT2D eigenvalue weighted by Crippen LogP contribution is 2.44. The Bertz CT molecular complexity index is 1130. The zero-order valence-corrected chi connectivity index (χ0v) is 25.8. The molecule has 3 aromatic rings. The Hall–Kier alpha value is -2.62. The quantitative estimate of drug-likeness (QED) is 0.154. The summed E-state index contributed by atoms with van der Waals surface area (Å²) in [4.78, 5) is 0. The van der Waals surface area contributed by atoms with Gasteiger partial charge in [0.25, 0.3) is 0 Å². The standard InChI is InChI=1S/C36H52NO2/c1-29(2)36(6,28-35(3,4)5)34-20-19-33(26-32(34)25-30-15-11-9-12-16-30)39-24-23-38-22-21-37(7,8)27-31-17-13-10-14-18-31/h9-20,26,29H,21-25,27-28H2,1-8H3/q+1. The fourth-order valence-electron chi connectivity index (χ4n) is 5.68. The van der Waals surface area contributed by atoms with Gasteiger partial charge in [0.15, 0.2) is 0 Å². The molecule has 0 aliphatic carbocycles. The highest BCUT2D eigenvalue weighted by atomic mass is 16.5. The average molecular weight is 531 g/mol. The summed E-state index contributed by atoms with van der Waals surface area (Å²) in [7, 11) is 4.51. The van der Waals surface area contributed by atoms with Gasteiger partial charge in [0.05, 0.1) is 27.3 Å². The van der Waals surface area contributed by atoms with E-state index < -0.39 is 0 Å². The lowest BCUT2D eigenvalue weighted by Crippen LogP contribution is -2.41. The van der Waals surface area contributed by atoms with Crippen LogP contribution in [0.3, 0.4) is 0 Å². The molecule has 0 aromatic heterocycles. The van der Waals surface area contributed by atoms with Gasteiger partial charge in [0.2, 0.25) is 0 Å². The topological polar surface area (TPSA) is 18.5 Å². The van der Waals surface area contributed by atoms with Crippen molar-refractivity contribution in [2.75, 3.05) is 40.5 Å². The van der Waals surface area contributed by atoms with Crippen LogP contribution in [0.2, 0.25) is 0 Å². The molecule has 0 saturated carbocycles. The number of ether oxygens (including phenoxy) is 2.